The number of carbonyl (C=O) groups is 1. The maximum Gasteiger partial charge on any atom is 0.405 e. The van der Waals surface area contributed by atoms with Crippen molar-refractivity contribution >= 4 is 5.78 Å². The van der Waals surface area contributed by atoms with Gasteiger partial charge in [0.05, 0.1) is 0 Å². The van der Waals surface area contributed by atoms with Crippen LogP contribution in [0.1, 0.15) is 16.8 Å². The Hall–Kier alpha value is -1.84. The highest BCUT2D eigenvalue weighted by Gasteiger charge is 2.57. The van der Waals surface area contributed by atoms with Crippen LogP contribution in [0.4, 0.5) is 13.2 Å². The number of rotatable bonds is 2. The predicted octanol–water partition coefficient (Wildman–Crippen LogP) is 3.93. The molecule has 0 spiro atoms. The number of hydrogen-bond acceptors (Lipinski definition) is 1. The van der Waals surface area contributed by atoms with Crippen LogP contribution in [0, 0.1) is 5.41 Å². The lowest BCUT2D eigenvalue weighted by atomic mass is 9.74. The average molecular weight is 252 g/mol. The molecule has 0 radical (unpaired) electrons. The summed E-state index contributed by atoms with van der Waals surface area (Å²) in [4.78, 5) is 12.2. The fraction of sp³-hybridized carbons (Fsp3) is 0.214. The smallest absolute Gasteiger partial charge is 0.293 e. The van der Waals surface area contributed by atoms with Crippen molar-refractivity contribution < 1.29 is 18.0 Å². The van der Waals surface area contributed by atoms with E-state index in [-0.39, 0.29) is 12.0 Å². The molecule has 1 unspecified atom stereocenters. The van der Waals surface area contributed by atoms with E-state index in [1.165, 1.54) is 30.4 Å². The summed E-state index contributed by atoms with van der Waals surface area (Å²) in [6.07, 6.45) is 0.165. The van der Waals surface area contributed by atoms with Crippen molar-refractivity contribution in [2.75, 3.05) is 0 Å². The number of hydrogen-bond donors (Lipinski definition) is 0. The minimum atomic E-state index is -4.60. The zero-order valence-electron chi connectivity index (χ0n) is 9.45. The standard InChI is InChI=1S/C14H11F3O/c15-14(16,17)13(9-5-2-6-10-13)12(18)11-7-3-1-4-8-11/h1-9H,10H2. The zero-order chi connectivity index (χ0) is 13.2. The first-order chi connectivity index (χ1) is 8.47. The molecule has 0 heterocycles. The van der Waals surface area contributed by atoms with E-state index in [0.717, 1.165) is 6.08 Å². The van der Waals surface area contributed by atoms with Gasteiger partial charge in [-0.15, -0.1) is 0 Å². The normalized spacial score (nSPS) is 23.1. The Labute approximate surface area is 103 Å². The molecule has 2 rings (SSSR count). The molecule has 0 saturated heterocycles. The molecule has 0 N–H and O–H groups in total. The third kappa shape index (κ3) is 1.98. The van der Waals surface area contributed by atoms with Crippen molar-refractivity contribution in [1.82, 2.24) is 0 Å². The van der Waals surface area contributed by atoms with Crippen LogP contribution < -0.4 is 0 Å². The summed E-state index contributed by atoms with van der Waals surface area (Å²) in [6.45, 7) is 0. The van der Waals surface area contributed by atoms with E-state index in [4.69, 9.17) is 0 Å². The summed E-state index contributed by atoms with van der Waals surface area (Å²) >= 11 is 0. The van der Waals surface area contributed by atoms with Gasteiger partial charge in [-0.25, -0.2) is 0 Å². The van der Waals surface area contributed by atoms with Crippen molar-refractivity contribution in [3.8, 4) is 0 Å². The van der Waals surface area contributed by atoms with Gasteiger partial charge in [0.2, 0.25) is 0 Å². The van der Waals surface area contributed by atoms with Gasteiger partial charge in [-0.3, -0.25) is 4.79 Å². The van der Waals surface area contributed by atoms with Crippen LogP contribution in [0.3, 0.4) is 0 Å². The lowest BCUT2D eigenvalue weighted by Gasteiger charge is -2.32. The first-order valence-corrected chi connectivity index (χ1v) is 5.48. The Morgan fingerprint density at radius 2 is 1.78 bits per heavy atom. The fourth-order valence-corrected chi connectivity index (χ4v) is 1.97. The predicted molar refractivity (Wildman–Crippen MR) is 62.2 cm³/mol. The number of carbonyl (C=O) groups excluding carboxylic acids is 1. The maximum atomic E-state index is 13.2. The first kappa shape index (κ1) is 12.6. The monoisotopic (exact) mass is 252 g/mol. The molecule has 1 aliphatic carbocycles. The average Bonchev–Trinajstić information content (AvgIpc) is 2.38. The molecule has 1 atom stereocenters. The molecule has 1 aliphatic rings. The fourth-order valence-electron chi connectivity index (χ4n) is 1.97. The molecule has 0 bridgehead atoms. The van der Waals surface area contributed by atoms with Gasteiger partial charge in [0.15, 0.2) is 11.2 Å². The van der Waals surface area contributed by atoms with E-state index in [9.17, 15) is 18.0 Å². The number of Topliss-reactive ketones (excluding diaryl/α,β-unsaturated/α-hetero) is 1. The van der Waals surface area contributed by atoms with Crippen molar-refractivity contribution in [3.05, 3.63) is 60.2 Å². The van der Waals surface area contributed by atoms with Crippen molar-refractivity contribution in [2.24, 2.45) is 5.41 Å². The number of allylic oxidation sites excluding steroid dienone is 4. The highest BCUT2D eigenvalue weighted by Crippen LogP contribution is 2.46. The van der Waals surface area contributed by atoms with Crippen LogP contribution in [0.5, 0.6) is 0 Å². The largest absolute Gasteiger partial charge is 0.405 e. The van der Waals surface area contributed by atoms with Gasteiger partial charge in [-0.1, -0.05) is 54.6 Å². The summed E-state index contributed by atoms with van der Waals surface area (Å²) in [7, 11) is 0. The molecule has 0 fully saturated rings. The second-order valence-corrected chi connectivity index (χ2v) is 4.16. The summed E-state index contributed by atoms with van der Waals surface area (Å²) in [5.74, 6) is -0.906. The van der Waals surface area contributed by atoms with E-state index in [0.29, 0.717) is 0 Å². The minimum Gasteiger partial charge on any atom is -0.293 e. The van der Waals surface area contributed by atoms with Crippen LogP contribution in [-0.2, 0) is 0 Å². The summed E-state index contributed by atoms with van der Waals surface area (Å²) < 4.78 is 39.7. The number of halogens is 3. The summed E-state index contributed by atoms with van der Waals surface area (Å²) in [6, 6.07) is 7.58. The molecule has 0 saturated carbocycles. The van der Waals surface area contributed by atoms with Gasteiger partial charge < -0.3 is 0 Å². The molecule has 18 heavy (non-hydrogen) atoms. The number of benzene rings is 1. The molecule has 4 heteroatoms. The Bertz CT molecular complexity index is 500. The maximum absolute atomic E-state index is 13.2. The van der Waals surface area contributed by atoms with E-state index in [1.807, 2.05) is 0 Å². The van der Waals surface area contributed by atoms with Crippen molar-refractivity contribution in [1.29, 1.82) is 0 Å². The van der Waals surface area contributed by atoms with Crippen LogP contribution in [0.25, 0.3) is 0 Å². The SMILES string of the molecule is O=C(c1ccccc1)C1(C(F)(F)F)C=CC=CC1. The summed E-state index contributed by atoms with van der Waals surface area (Å²) in [5.41, 5.74) is -2.35. The van der Waals surface area contributed by atoms with Crippen LogP contribution >= 0.6 is 0 Å². The second kappa shape index (κ2) is 4.44. The van der Waals surface area contributed by atoms with Gasteiger partial charge in [0.25, 0.3) is 0 Å². The topological polar surface area (TPSA) is 17.1 Å². The molecule has 1 aromatic rings. The van der Waals surface area contributed by atoms with Crippen molar-refractivity contribution in [3.63, 3.8) is 0 Å². The molecule has 1 aromatic carbocycles. The lowest BCUT2D eigenvalue weighted by molar-refractivity contribution is -0.187. The van der Waals surface area contributed by atoms with E-state index >= 15 is 0 Å². The Morgan fingerprint density at radius 3 is 2.28 bits per heavy atom. The zero-order valence-corrected chi connectivity index (χ0v) is 9.45. The number of ketones is 1. The minimum absolute atomic E-state index is 0.0785. The highest BCUT2D eigenvalue weighted by atomic mass is 19.4. The van der Waals surface area contributed by atoms with Gasteiger partial charge >= 0.3 is 6.18 Å². The van der Waals surface area contributed by atoms with Crippen LogP contribution in [-0.4, -0.2) is 12.0 Å². The first-order valence-electron chi connectivity index (χ1n) is 5.48. The Balaban J connectivity index is 2.47. The van der Waals surface area contributed by atoms with Gasteiger partial charge in [0, 0.05) is 5.56 Å². The number of alkyl halides is 3. The van der Waals surface area contributed by atoms with E-state index < -0.39 is 17.4 Å². The van der Waals surface area contributed by atoms with Gasteiger partial charge in [0.1, 0.15) is 0 Å². The molecule has 0 aromatic heterocycles. The summed E-state index contributed by atoms with van der Waals surface area (Å²) in [5, 5.41) is 0. The van der Waals surface area contributed by atoms with E-state index in [1.54, 1.807) is 18.2 Å². The second-order valence-electron chi connectivity index (χ2n) is 4.16. The Morgan fingerprint density at radius 1 is 1.11 bits per heavy atom. The quantitative estimate of drug-likeness (QED) is 0.729. The Kier molecular flexibility index (Phi) is 3.11. The van der Waals surface area contributed by atoms with Crippen LogP contribution in [0.15, 0.2) is 54.6 Å². The molecule has 0 amide bonds. The van der Waals surface area contributed by atoms with Gasteiger partial charge in [-0.2, -0.15) is 13.2 Å². The third-order valence-electron chi connectivity index (χ3n) is 3.01. The molecule has 1 nitrogen and oxygen atoms in total. The molecule has 0 aliphatic heterocycles. The van der Waals surface area contributed by atoms with Crippen LogP contribution in [0.2, 0.25) is 0 Å². The van der Waals surface area contributed by atoms with Gasteiger partial charge in [-0.05, 0) is 6.42 Å². The van der Waals surface area contributed by atoms with E-state index in [2.05, 4.69) is 0 Å². The van der Waals surface area contributed by atoms with Crippen molar-refractivity contribution in [2.45, 2.75) is 12.6 Å². The molecular weight excluding hydrogens is 241 g/mol. The molecule has 94 valence electrons. The third-order valence-corrected chi connectivity index (χ3v) is 3.01. The molecular formula is C14H11F3O. The highest BCUT2D eigenvalue weighted by molar-refractivity contribution is 6.02. The lowest BCUT2D eigenvalue weighted by Crippen LogP contribution is -2.43.